The van der Waals surface area contributed by atoms with Crippen LogP contribution in [0.2, 0.25) is 0 Å². The molecule has 0 amide bonds. The van der Waals surface area contributed by atoms with Crippen molar-refractivity contribution in [2.75, 3.05) is 0 Å². The summed E-state index contributed by atoms with van der Waals surface area (Å²) < 4.78 is 0. The van der Waals surface area contributed by atoms with E-state index in [9.17, 15) is 0 Å². The van der Waals surface area contributed by atoms with Gasteiger partial charge in [-0.25, -0.2) is 0 Å². The zero-order valence-corrected chi connectivity index (χ0v) is 8.31. The maximum atomic E-state index is 5.56. The SMILES string of the molecule is NC(=S)CC1CCc2ccccc21. The second-order valence-electron chi connectivity index (χ2n) is 3.60. The molecular formula is C11H13NS. The van der Waals surface area contributed by atoms with Gasteiger partial charge >= 0.3 is 0 Å². The standard InChI is InChI=1S/C11H13NS/c12-11(13)7-9-6-5-8-3-1-2-4-10(8)9/h1-4,9H,5-7H2,(H2,12,13). The molecule has 0 spiro atoms. The predicted molar refractivity (Wildman–Crippen MR) is 58.9 cm³/mol. The van der Waals surface area contributed by atoms with Crippen LogP contribution in [0.5, 0.6) is 0 Å². The third-order valence-corrected chi connectivity index (χ3v) is 2.87. The van der Waals surface area contributed by atoms with Crippen LogP contribution in [0, 0.1) is 0 Å². The molecule has 0 saturated heterocycles. The molecule has 2 heteroatoms. The average molecular weight is 191 g/mol. The number of nitrogens with two attached hydrogens (primary N) is 1. The van der Waals surface area contributed by atoms with Crippen LogP contribution in [0.25, 0.3) is 0 Å². The normalized spacial score (nSPS) is 19.8. The minimum Gasteiger partial charge on any atom is -0.393 e. The number of hydrogen-bond donors (Lipinski definition) is 1. The molecular weight excluding hydrogens is 178 g/mol. The largest absolute Gasteiger partial charge is 0.393 e. The van der Waals surface area contributed by atoms with E-state index in [1.165, 1.54) is 24.0 Å². The quantitative estimate of drug-likeness (QED) is 0.726. The van der Waals surface area contributed by atoms with Gasteiger partial charge in [0.2, 0.25) is 0 Å². The molecule has 0 fully saturated rings. The highest BCUT2D eigenvalue weighted by molar-refractivity contribution is 7.80. The lowest BCUT2D eigenvalue weighted by atomic mass is 9.98. The van der Waals surface area contributed by atoms with Crippen molar-refractivity contribution in [3.8, 4) is 0 Å². The van der Waals surface area contributed by atoms with Crippen molar-refractivity contribution < 1.29 is 0 Å². The summed E-state index contributed by atoms with van der Waals surface area (Å²) >= 11 is 4.94. The summed E-state index contributed by atoms with van der Waals surface area (Å²) in [6.07, 6.45) is 3.26. The van der Waals surface area contributed by atoms with Gasteiger partial charge in [-0.15, -0.1) is 0 Å². The van der Waals surface area contributed by atoms with E-state index in [0.29, 0.717) is 10.9 Å². The van der Waals surface area contributed by atoms with Gasteiger partial charge in [-0.2, -0.15) is 0 Å². The molecule has 68 valence electrons. The molecule has 1 aliphatic carbocycles. The van der Waals surface area contributed by atoms with E-state index in [2.05, 4.69) is 24.3 Å². The molecule has 13 heavy (non-hydrogen) atoms. The molecule has 0 radical (unpaired) electrons. The highest BCUT2D eigenvalue weighted by Gasteiger charge is 2.21. The molecule has 1 aromatic rings. The van der Waals surface area contributed by atoms with Crippen molar-refractivity contribution in [2.45, 2.75) is 25.2 Å². The fraction of sp³-hybridized carbons (Fsp3) is 0.364. The van der Waals surface area contributed by atoms with Crippen LogP contribution < -0.4 is 5.73 Å². The molecule has 1 atom stereocenters. The maximum Gasteiger partial charge on any atom is 0.0733 e. The van der Waals surface area contributed by atoms with Crippen LogP contribution in [0.15, 0.2) is 24.3 Å². The lowest BCUT2D eigenvalue weighted by molar-refractivity contribution is 0.707. The van der Waals surface area contributed by atoms with Gasteiger partial charge in [0.05, 0.1) is 4.99 Å². The highest BCUT2D eigenvalue weighted by atomic mass is 32.1. The van der Waals surface area contributed by atoms with Crippen LogP contribution in [0.1, 0.15) is 29.9 Å². The Hall–Kier alpha value is -0.890. The molecule has 1 aromatic carbocycles. The van der Waals surface area contributed by atoms with Gasteiger partial charge in [0.25, 0.3) is 0 Å². The summed E-state index contributed by atoms with van der Waals surface area (Å²) in [5.74, 6) is 0.577. The molecule has 0 bridgehead atoms. The first-order valence-corrected chi connectivity index (χ1v) is 5.04. The summed E-state index contributed by atoms with van der Waals surface area (Å²) in [7, 11) is 0. The van der Waals surface area contributed by atoms with E-state index >= 15 is 0 Å². The van der Waals surface area contributed by atoms with E-state index in [1.807, 2.05) is 0 Å². The molecule has 2 N–H and O–H groups in total. The monoisotopic (exact) mass is 191 g/mol. The van der Waals surface area contributed by atoms with Crippen molar-refractivity contribution in [3.63, 3.8) is 0 Å². The minimum absolute atomic E-state index is 0.577. The predicted octanol–water partition coefficient (Wildman–Crippen LogP) is 2.39. The van der Waals surface area contributed by atoms with Crippen LogP contribution in [0.3, 0.4) is 0 Å². The van der Waals surface area contributed by atoms with E-state index in [0.717, 1.165) is 6.42 Å². The van der Waals surface area contributed by atoms with Gasteiger partial charge in [0, 0.05) is 6.42 Å². The van der Waals surface area contributed by atoms with Gasteiger partial charge in [-0.05, 0) is 29.9 Å². The fourth-order valence-electron chi connectivity index (χ4n) is 2.10. The molecule has 0 saturated carbocycles. The molecule has 0 heterocycles. The van der Waals surface area contributed by atoms with E-state index in [-0.39, 0.29) is 0 Å². The zero-order valence-electron chi connectivity index (χ0n) is 7.49. The van der Waals surface area contributed by atoms with E-state index < -0.39 is 0 Å². The van der Waals surface area contributed by atoms with Gasteiger partial charge in [0.15, 0.2) is 0 Å². The number of thiocarbonyl (C=S) groups is 1. The van der Waals surface area contributed by atoms with Crippen molar-refractivity contribution in [1.29, 1.82) is 0 Å². The Labute approximate surface area is 83.9 Å². The number of aryl methyl sites for hydroxylation is 1. The lowest BCUT2D eigenvalue weighted by Gasteiger charge is -2.09. The first-order valence-electron chi connectivity index (χ1n) is 4.63. The minimum atomic E-state index is 0.577. The third-order valence-electron chi connectivity index (χ3n) is 2.70. The van der Waals surface area contributed by atoms with Crippen LogP contribution in [-0.2, 0) is 6.42 Å². The molecule has 2 rings (SSSR count). The van der Waals surface area contributed by atoms with E-state index in [4.69, 9.17) is 18.0 Å². The second-order valence-corrected chi connectivity index (χ2v) is 4.13. The lowest BCUT2D eigenvalue weighted by Crippen LogP contribution is -2.11. The molecule has 1 aliphatic rings. The Morgan fingerprint density at radius 2 is 2.23 bits per heavy atom. The summed E-state index contributed by atoms with van der Waals surface area (Å²) in [6.45, 7) is 0. The third kappa shape index (κ3) is 1.73. The Morgan fingerprint density at radius 1 is 1.46 bits per heavy atom. The number of fused-ring (bicyclic) bond motifs is 1. The Balaban J connectivity index is 2.23. The van der Waals surface area contributed by atoms with Crippen LogP contribution >= 0.6 is 12.2 Å². The van der Waals surface area contributed by atoms with Crippen molar-refractivity contribution >= 4 is 17.2 Å². The summed E-state index contributed by atoms with van der Waals surface area (Å²) in [4.78, 5) is 0.640. The Bertz CT molecular complexity index is 333. The van der Waals surface area contributed by atoms with Crippen molar-refractivity contribution in [2.24, 2.45) is 5.73 Å². The molecule has 0 aromatic heterocycles. The van der Waals surface area contributed by atoms with Gasteiger partial charge in [-0.3, -0.25) is 0 Å². The fourth-order valence-corrected chi connectivity index (χ4v) is 2.30. The van der Waals surface area contributed by atoms with Gasteiger partial charge in [0.1, 0.15) is 0 Å². The van der Waals surface area contributed by atoms with Crippen LogP contribution in [-0.4, -0.2) is 4.99 Å². The topological polar surface area (TPSA) is 26.0 Å². The van der Waals surface area contributed by atoms with E-state index in [1.54, 1.807) is 0 Å². The molecule has 1 unspecified atom stereocenters. The first-order chi connectivity index (χ1) is 6.27. The number of hydrogen-bond acceptors (Lipinski definition) is 1. The Morgan fingerprint density at radius 3 is 3.00 bits per heavy atom. The zero-order chi connectivity index (χ0) is 9.26. The number of benzene rings is 1. The molecule has 0 aliphatic heterocycles. The van der Waals surface area contributed by atoms with Gasteiger partial charge < -0.3 is 5.73 Å². The summed E-state index contributed by atoms with van der Waals surface area (Å²) in [6, 6.07) is 8.60. The van der Waals surface area contributed by atoms with Crippen molar-refractivity contribution in [1.82, 2.24) is 0 Å². The Kier molecular flexibility index (Phi) is 2.32. The summed E-state index contributed by atoms with van der Waals surface area (Å²) in [5.41, 5.74) is 8.49. The summed E-state index contributed by atoms with van der Waals surface area (Å²) in [5, 5.41) is 0. The smallest absolute Gasteiger partial charge is 0.0733 e. The van der Waals surface area contributed by atoms with Crippen LogP contribution in [0.4, 0.5) is 0 Å². The van der Waals surface area contributed by atoms with Gasteiger partial charge in [-0.1, -0.05) is 36.5 Å². The van der Waals surface area contributed by atoms with Crippen molar-refractivity contribution in [3.05, 3.63) is 35.4 Å². The average Bonchev–Trinajstić information content (AvgIpc) is 2.48. The first kappa shape index (κ1) is 8.70. The molecule has 1 nitrogen and oxygen atoms in total. The maximum absolute atomic E-state index is 5.56. The number of rotatable bonds is 2. The highest BCUT2D eigenvalue weighted by Crippen LogP contribution is 2.34. The second kappa shape index (κ2) is 3.46.